The maximum atomic E-state index is 3.89. The molecule has 1 saturated carbocycles. The van der Waals surface area contributed by atoms with Gasteiger partial charge in [0, 0.05) is 17.3 Å². The molecule has 1 fully saturated rings. The summed E-state index contributed by atoms with van der Waals surface area (Å²) >= 11 is 2.14. The molecule has 1 N–H and O–H groups in total. The molecule has 0 amide bonds. The molecule has 0 aromatic heterocycles. The van der Waals surface area contributed by atoms with Crippen LogP contribution in [0, 0.1) is 0 Å². The van der Waals surface area contributed by atoms with Crippen molar-refractivity contribution >= 4 is 11.8 Å². The molecule has 3 unspecified atom stereocenters. The molecule has 3 atom stereocenters. The number of hydrogen-bond donors (Lipinski definition) is 1. The molecule has 0 heterocycles. The van der Waals surface area contributed by atoms with Crippen LogP contribution in [-0.2, 0) is 6.42 Å². The Labute approximate surface area is 122 Å². The molecule has 0 aliphatic heterocycles. The largest absolute Gasteiger partial charge is 0.311 e. The number of hydrogen-bond acceptors (Lipinski definition) is 2. The first-order valence-corrected chi connectivity index (χ1v) is 8.78. The lowest BCUT2D eigenvalue weighted by molar-refractivity contribution is 0.418. The lowest BCUT2D eigenvalue weighted by Gasteiger charge is -2.22. The van der Waals surface area contributed by atoms with E-state index in [2.05, 4.69) is 61.3 Å². The number of benzene rings is 1. The fraction of sp³-hybridized carbons (Fsp3) is 0.647. The molecular weight excluding hydrogens is 250 g/mol. The van der Waals surface area contributed by atoms with Gasteiger partial charge in [0.2, 0.25) is 0 Å². The minimum atomic E-state index is 0.637. The highest BCUT2D eigenvalue weighted by Crippen LogP contribution is 2.30. The molecule has 0 bridgehead atoms. The molecule has 2 heteroatoms. The van der Waals surface area contributed by atoms with Crippen molar-refractivity contribution in [3.8, 4) is 0 Å². The highest BCUT2D eigenvalue weighted by atomic mass is 32.2. The van der Waals surface area contributed by atoms with Crippen molar-refractivity contribution in [2.45, 2.75) is 63.3 Å². The Hall–Kier alpha value is -0.470. The first kappa shape index (κ1) is 14.9. The summed E-state index contributed by atoms with van der Waals surface area (Å²) in [5.41, 5.74) is 1.46. The van der Waals surface area contributed by atoms with E-state index in [9.17, 15) is 0 Å². The molecule has 1 aromatic carbocycles. The van der Waals surface area contributed by atoms with E-state index in [0.717, 1.165) is 11.3 Å². The average molecular weight is 277 g/mol. The summed E-state index contributed by atoms with van der Waals surface area (Å²) in [5, 5.41) is 4.79. The Morgan fingerprint density at radius 1 is 1.21 bits per heavy atom. The van der Waals surface area contributed by atoms with Gasteiger partial charge in [-0.05, 0) is 43.4 Å². The van der Waals surface area contributed by atoms with Crippen LogP contribution >= 0.6 is 11.8 Å². The minimum absolute atomic E-state index is 0.637. The predicted octanol–water partition coefficient (Wildman–Crippen LogP) is 4.27. The first-order valence-electron chi connectivity index (χ1n) is 7.73. The minimum Gasteiger partial charge on any atom is -0.311 e. The van der Waals surface area contributed by atoms with Crippen LogP contribution in [0.4, 0.5) is 0 Å². The van der Waals surface area contributed by atoms with E-state index in [0.29, 0.717) is 6.04 Å². The second kappa shape index (κ2) is 7.96. The van der Waals surface area contributed by atoms with Gasteiger partial charge in [-0.15, -0.1) is 0 Å². The molecular formula is C17H27NS. The van der Waals surface area contributed by atoms with Crippen molar-refractivity contribution in [3.63, 3.8) is 0 Å². The summed E-state index contributed by atoms with van der Waals surface area (Å²) in [4.78, 5) is 0. The van der Waals surface area contributed by atoms with E-state index in [-0.39, 0.29) is 0 Å². The molecule has 1 nitrogen and oxygen atoms in total. The summed E-state index contributed by atoms with van der Waals surface area (Å²) in [6.45, 7) is 4.57. The summed E-state index contributed by atoms with van der Waals surface area (Å²) < 4.78 is 0. The Bertz CT molecular complexity index is 352. The van der Waals surface area contributed by atoms with Crippen LogP contribution in [0.15, 0.2) is 30.3 Å². The molecule has 0 saturated heterocycles. The molecule has 1 aromatic rings. The van der Waals surface area contributed by atoms with E-state index in [1.165, 1.54) is 43.4 Å². The van der Waals surface area contributed by atoms with Crippen LogP contribution in [0.5, 0.6) is 0 Å². The lowest BCUT2D eigenvalue weighted by atomic mass is 10.0. The third-order valence-corrected chi connectivity index (χ3v) is 5.31. The van der Waals surface area contributed by atoms with Gasteiger partial charge >= 0.3 is 0 Å². The third-order valence-electron chi connectivity index (χ3n) is 4.08. The van der Waals surface area contributed by atoms with E-state index in [1.807, 2.05) is 0 Å². The standard InChI is InChI=1S/C17H27NS/c1-3-15(12-14-8-6-5-7-9-14)18-16-10-11-17(13-16)19-4-2/h5-9,15-18H,3-4,10-13H2,1-2H3. The van der Waals surface area contributed by atoms with Crippen molar-refractivity contribution in [2.75, 3.05) is 5.75 Å². The normalized spacial score (nSPS) is 24.5. The molecule has 0 spiro atoms. The summed E-state index contributed by atoms with van der Waals surface area (Å²) in [5.74, 6) is 1.26. The topological polar surface area (TPSA) is 12.0 Å². The monoisotopic (exact) mass is 277 g/mol. The Morgan fingerprint density at radius 3 is 2.68 bits per heavy atom. The van der Waals surface area contributed by atoms with Crippen LogP contribution in [0.2, 0.25) is 0 Å². The van der Waals surface area contributed by atoms with Crippen molar-refractivity contribution in [1.82, 2.24) is 5.32 Å². The fourth-order valence-corrected chi connectivity index (χ4v) is 4.17. The SMILES string of the molecule is CCSC1CCC(NC(CC)Cc2ccccc2)C1. The van der Waals surface area contributed by atoms with Gasteiger partial charge in [-0.3, -0.25) is 0 Å². The van der Waals surface area contributed by atoms with Crippen molar-refractivity contribution in [2.24, 2.45) is 0 Å². The fourth-order valence-electron chi connectivity index (χ4n) is 3.03. The van der Waals surface area contributed by atoms with Gasteiger partial charge in [0.05, 0.1) is 0 Å². The van der Waals surface area contributed by atoms with E-state index >= 15 is 0 Å². The zero-order valence-corrected chi connectivity index (χ0v) is 13.1. The Kier molecular flexibility index (Phi) is 6.25. The molecule has 2 rings (SSSR count). The third kappa shape index (κ3) is 4.85. The van der Waals surface area contributed by atoms with E-state index in [1.54, 1.807) is 0 Å². The van der Waals surface area contributed by atoms with Crippen LogP contribution in [0.1, 0.15) is 45.1 Å². The average Bonchev–Trinajstić information content (AvgIpc) is 2.87. The van der Waals surface area contributed by atoms with Crippen molar-refractivity contribution in [1.29, 1.82) is 0 Å². The van der Waals surface area contributed by atoms with Crippen LogP contribution in [-0.4, -0.2) is 23.1 Å². The zero-order chi connectivity index (χ0) is 13.5. The highest BCUT2D eigenvalue weighted by molar-refractivity contribution is 7.99. The number of rotatable bonds is 7. The van der Waals surface area contributed by atoms with E-state index in [4.69, 9.17) is 0 Å². The van der Waals surface area contributed by atoms with Crippen LogP contribution in [0.3, 0.4) is 0 Å². The van der Waals surface area contributed by atoms with Gasteiger partial charge in [-0.1, -0.05) is 44.2 Å². The summed E-state index contributed by atoms with van der Waals surface area (Å²) in [6.07, 6.45) is 6.51. The van der Waals surface area contributed by atoms with E-state index < -0.39 is 0 Å². The Morgan fingerprint density at radius 2 is 2.00 bits per heavy atom. The molecule has 1 aliphatic rings. The van der Waals surface area contributed by atoms with Gasteiger partial charge in [-0.25, -0.2) is 0 Å². The van der Waals surface area contributed by atoms with Crippen molar-refractivity contribution in [3.05, 3.63) is 35.9 Å². The highest BCUT2D eigenvalue weighted by Gasteiger charge is 2.25. The molecule has 106 valence electrons. The molecule has 0 radical (unpaired) electrons. The van der Waals surface area contributed by atoms with Gasteiger partial charge in [0.25, 0.3) is 0 Å². The smallest absolute Gasteiger partial charge is 0.0107 e. The number of thioether (sulfide) groups is 1. The second-order valence-electron chi connectivity index (χ2n) is 5.55. The van der Waals surface area contributed by atoms with Crippen molar-refractivity contribution < 1.29 is 0 Å². The van der Waals surface area contributed by atoms with Gasteiger partial charge < -0.3 is 5.32 Å². The lowest BCUT2D eigenvalue weighted by Crippen LogP contribution is -2.38. The molecule has 19 heavy (non-hydrogen) atoms. The second-order valence-corrected chi connectivity index (χ2v) is 7.13. The summed E-state index contributed by atoms with van der Waals surface area (Å²) in [6, 6.07) is 12.3. The maximum absolute atomic E-state index is 3.89. The maximum Gasteiger partial charge on any atom is 0.0107 e. The van der Waals surface area contributed by atoms with Gasteiger partial charge in [0.15, 0.2) is 0 Å². The van der Waals surface area contributed by atoms with Gasteiger partial charge in [0.1, 0.15) is 0 Å². The zero-order valence-electron chi connectivity index (χ0n) is 12.3. The summed E-state index contributed by atoms with van der Waals surface area (Å²) in [7, 11) is 0. The van der Waals surface area contributed by atoms with Gasteiger partial charge in [-0.2, -0.15) is 11.8 Å². The first-order chi connectivity index (χ1) is 9.31. The quantitative estimate of drug-likeness (QED) is 0.798. The molecule has 1 aliphatic carbocycles. The Balaban J connectivity index is 1.80. The van der Waals surface area contributed by atoms with Crippen LogP contribution < -0.4 is 5.32 Å². The number of nitrogens with one attached hydrogen (secondary N) is 1. The predicted molar refractivity (Wildman–Crippen MR) is 86.9 cm³/mol. The van der Waals surface area contributed by atoms with Crippen LogP contribution in [0.25, 0.3) is 0 Å².